The Hall–Kier alpha value is -4.46. The number of halogens is 1. The molecule has 9 nitrogen and oxygen atoms in total. The predicted octanol–water partition coefficient (Wildman–Crippen LogP) is 4.28. The van der Waals surface area contributed by atoms with Crippen LogP contribution in [0, 0.1) is 23.1 Å². The SMILES string of the molecule is N#Cc1cccc(C(N)(CCC2CC2)c2ccc(F)c(NC(=O)[C@H]3C[C@@H](O)CN3C(=O)Nc3ccc(N)cc3)c2)c1. The maximum absolute atomic E-state index is 15.1. The van der Waals surface area contributed by atoms with Crippen LogP contribution in [0.15, 0.2) is 66.7 Å². The fourth-order valence-corrected chi connectivity index (χ4v) is 5.32. The van der Waals surface area contributed by atoms with E-state index in [2.05, 4.69) is 16.7 Å². The van der Waals surface area contributed by atoms with Gasteiger partial charge >= 0.3 is 6.03 Å². The van der Waals surface area contributed by atoms with Crippen molar-refractivity contribution in [2.45, 2.75) is 49.8 Å². The van der Waals surface area contributed by atoms with E-state index in [1.165, 1.54) is 17.0 Å². The predicted molar refractivity (Wildman–Crippen MR) is 154 cm³/mol. The number of nitrogens with two attached hydrogens (primary N) is 2. The number of benzene rings is 3. The number of aliphatic hydroxyl groups excluding tert-OH is 1. The lowest BCUT2D eigenvalue weighted by Crippen LogP contribution is -2.45. The number of nitriles is 1. The second-order valence-corrected chi connectivity index (χ2v) is 10.9. The van der Waals surface area contributed by atoms with Crippen molar-refractivity contribution >= 4 is 29.0 Å². The zero-order valence-electron chi connectivity index (χ0n) is 22.5. The number of nitrogens with one attached hydrogen (secondary N) is 2. The number of nitrogen functional groups attached to an aromatic ring is 1. The van der Waals surface area contributed by atoms with Crippen molar-refractivity contribution in [1.29, 1.82) is 5.26 Å². The summed E-state index contributed by atoms with van der Waals surface area (Å²) in [6.45, 7) is -0.0519. The van der Waals surface area contributed by atoms with Gasteiger partial charge in [0.25, 0.3) is 0 Å². The highest BCUT2D eigenvalue weighted by atomic mass is 19.1. The number of aliphatic hydroxyl groups is 1. The zero-order valence-corrected chi connectivity index (χ0v) is 22.5. The molecule has 5 rings (SSSR count). The van der Waals surface area contributed by atoms with Crippen molar-refractivity contribution in [3.8, 4) is 6.07 Å². The number of anilines is 3. The Morgan fingerprint density at radius 1 is 1.07 bits per heavy atom. The molecule has 3 amide bonds. The van der Waals surface area contributed by atoms with E-state index in [9.17, 15) is 20.0 Å². The van der Waals surface area contributed by atoms with Crippen LogP contribution in [-0.2, 0) is 10.3 Å². The van der Waals surface area contributed by atoms with Gasteiger partial charge in [0.05, 0.1) is 29.0 Å². The smallest absolute Gasteiger partial charge is 0.322 e. The van der Waals surface area contributed by atoms with E-state index in [1.54, 1.807) is 48.5 Å². The molecular formula is C31H33FN6O3. The van der Waals surface area contributed by atoms with E-state index in [4.69, 9.17) is 11.5 Å². The molecule has 1 saturated heterocycles. The van der Waals surface area contributed by atoms with Crippen LogP contribution >= 0.6 is 0 Å². The van der Waals surface area contributed by atoms with Gasteiger partial charge in [-0.05, 0) is 78.4 Å². The molecule has 2 fully saturated rings. The summed E-state index contributed by atoms with van der Waals surface area (Å²) in [7, 11) is 0. The molecule has 3 atom stereocenters. The minimum atomic E-state index is -1.02. The molecule has 41 heavy (non-hydrogen) atoms. The Morgan fingerprint density at radius 2 is 1.80 bits per heavy atom. The first-order valence-electron chi connectivity index (χ1n) is 13.7. The molecule has 0 radical (unpaired) electrons. The normalized spacial score (nSPS) is 19.7. The second-order valence-electron chi connectivity index (χ2n) is 10.9. The number of hydrogen-bond donors (Lipinski definition) is 5. The molecule has 3 aromatic rings. The number of nitrogens with zero attached hydrogens (tertiary/aromatic N) is 2. The van der Waals surface area contributed by atoms with E-state index in [0.29, 0.717) is 34.8 Å². The van der Waals surface area contributed by atoms with Crippen molar-refractivity contribution in [1.82, 2.24) is 4.90 Å². The number of amides is 3. The molecule has 7 N–H and O–H groups in total. The summed E-state index contributed by atoms with van der Waals surface area (Å²) in [5.74, 6) is -0.693. The third-order valence-electron chi connectivity index (χ3n) is 7.89. The fourth-order valence-electron chi connectivity index (χ4n) is 5.32. The molecule has 1 saturated carbocycles. The van der Waals surface area contributed by atoms with E-state index in [1.807, 2.05) is 6.07 Å². The summed E-state index contributed by atoms with van der Waals surface area (Å²) in [4.78, 5) is 27.6. The van der Waals surface area contributed by atoms with Gasteiger partial charge in [-0.1, -0.05) is 31.0 Å². The summed E-state index contributed by atoms with van der Waals surface area (Å²) in [5, 5.41) is 25.1. The molecule has 1 unspecified atom stereocenters. The topological polar surface area (TPSA) is 158 Å². The van der Waals surface area contributed by atoms with E-state index < -0.39 is 35.4 Å². The van der Waals surface area contributed by atoms with Crippen LogP contribution < -0.4 is 22.1 Å². The van der Waals surface area contributed by atoms with Crippen molar-refractivity contribution in [2.75, 3.05) is 22.9 Å². The number of hydrogen-bond acceptors (Lipinski definition) is 6. The molecule has 0 aromatic heterocycles. The van der Waals surface area contributed by atoms with Crippen LogP contribution in [0.3, 0.4) is 0 Å². The molecule has 10 heteroatoms. The van der Waals surface area contributed by atoms with Crippen LogP contribution in [0.5, 0.6) is 0 Å². The van der Waals surface area contributed by atoms with Gasteiger partial charge < -0.3 is 32.1 Å². The molecule has 0 bridgehead atoms. The van der Waals surface area contributed by atoms with Crippen LogP contribution in [-0.4, -0.2) is 40.6 Å². The van der Waals surface area contributed by atoms with Gasteiger partial charge in [0.1, 0.15) is 11.9 Å². The summed E-state index contributed by atoms with van der Waals surface area (Å²) in [6, 6.07) is 18.5. The highest BCUT2D eigenvalue weighted by molar-refractivity contribution is 6.00. The average Bonchev–Trinajstić information content (AvgIpc) is 3.72. The quantitative estimate of drug-likeness (QED) is 0.261. The van der Waals surface area contributed by atoms with Gasteiger partial charge in [-0.2, -0.15) is 5.26 Å². The third-order valence-corrected chi connectivity index (χ3v) is 7.89. The number of carbonyl (C=O) groups excluding carboxylic acids is 2. The minimum Gasteiger partial charge on any atom is -0.399 e. The summed E-state index contributed by atoms with van der Waals surface area (Å²) >= 11 is 0. The van der Waals surface area contributed by atoms with E-state index >= 15 is 4.39 Å². The summed E-state index contributed by atoms with van der Waals surface area (Å²) in [5.41, 5.74) is 14.4. The Morgan fingerprint density at radius 3 is 2.51 bits per heavy atom. The Labute approximate surface area is 237 Å². The Balaban J connectivity index is 1.38. The number of carbonyl (C=O) groups is 2. The molecule has 1 aliphatic heterocycles. The molecule has 1 heterocycles. The first-order chi connectivity index (χ1) is 19.7. The van der Waals surface area contributed by atoms with Gasteiger partial charge in [0.15, 0.2) is 0 Å². The lowest BCUT2D eigenvalue weighted by atomic mass is 9.79. The number of rotatable bonds is 8. The van der Waals surface area contributed by atoms with Crippen LogP contribution in [0.2, 0.25) is 0 Å². The average molecular weight is 557 g/mol. The minimum absolute atomic E-state index is 0.00542. The first-order valence-corrected chi connectivity index (χ1v) is 13.7. The second kappa shape index (κ2) is 11.6. The summed E-state index contributed by atoms with van der Waals surface area (Å²) in [6.07, 6.45) is 2.85. The van der Waals surface area contributed by atoms with Crippen molar-refractivity contribution < 1.29 is 19.1 Å². The Kier molecular flexibility index (Phi) is 7.92. The molecule has 212 valence electrons. The maximum Gasteiger partial charge on any atom is 0.322 e. The van der Waals surface area contributed by atoms with Crippen molar-refractivity contribution in [3.05, 3.63) is 89.2 Å². The monoisotopic (exact) mass is 556 g/mol. The Bertz CT molecular complexity index is 1490. The molecular weight excluding hydrogens is 523 g/mol. The molecule has 0 spiro atoms. The van der Waals surface area contributed by atoms with Gasteiger partial charge in [-0.15, -0.1) is 0 Å². The van der Waals surface area contributed by atoms with Gasteiger partial charge in [-0.3, -0.25) is 4.79 Å². The van der Waals surface area contributed by atoms with Crippen LogP contribution in [0.1, 0.15) is 48.8 Å². The van der Waals surface area contributed by atoms with Crippen LogP contribution in [0.25, 0.3) is 0 Å². The molecule has 3 aromatic carbocycles. The van der Waals surface area contributed by atoms with Crippen LogP contribution in [0.4, 0.5) is 26.2 Å². The highest BCUT2D eigenvalue weighted by Crippen LogP contribution is 2.40. The lowest BCUT2D eigenvalue weighted by Gasteiger charge is -2.32. The zero-order chi connectivity index (χ0) is 29.1. The van der Waals surface area contributed by atoms with Gasteiger partial charge in [0, 0.05) is 24.3 Å². The number of likely N-dealkylation sites (tertiary alicyclic amines) is 1. The largest absolute Gasteiger partial charge is 0.399 e. The lowest BCUT2D eigenvalue weighted by molar-refractivity contribution is -0.119. The fraction of sp³-hybridized carbons (Fsp3) is 0.323. The third kappa shape index (κ3) is 6.32. The van der Waals surface area contributed by atoms with E-state index in [0.717, 1.165) is 24.8 Å². The van der Waals surface area contributed by atoms with Gasteiger partial charge in [-0.25, -0.2) is 9.18 Å². The van der Waals surface area contributed by atoms with Crippen molar-refractivity contribution in [3.63, 3.8) is 0 Å². The first kappa shape index (κ1) is 28.1. The molecule has 2 aliphatic rings. The standard InChI is InChI=1S/C31H33FN6O3/c32-26-11-6-22(31(35,13-12-19-4-5-19)21-3-1-2-20(14-21)17-33)15-27(26)37-29(40)28-16-25(39)18-38(28)30(41)36-24-9-7-23(34)8-10-24/h1-3,6-11,14-15,19,25,28,39H,4-5,12-13,16,18,34-35H2,(H,36,41)(H,37,40)/t25-,28-,31?/m1/s1. The van der Waals surface area contributed by atoms with Crippen molar-refractivity contribution in [2.24, 2.45) is 11.7 Å². The number of β-amino-alcohol motifs (C(OH)–C–C–N with tert-alkyl or cyclic N) is 1. The van der Waals surface area contributed by atoms with Gasteiger partial charge in [0.2, 0.25) is 5.91 Å². The van der Waals surface area contributed by atoms with E-state index in [-0.39, 0.29) is 18.7 Å². The highest BCUT2D eigenvalue weighted by Gasteiger charge is 2.40. The summed E-state index contributed by atoms with van der Waals surface area (Å²) < 4.78 is 15.1. The maximum atomic E-state index is 15.1. The number of urea groups is 1. The molecule has 1 aliphatic carbocycles.